The molecule has 0 aliphatic rings. The number of pyridine rings is 2. The van der Waals surface area contributed by atoms with E-state index in [1.165, 1.54) is 36.4 Å². The summed E-state index contributed by atoms with van der Waals surface area (Å²) in [5.74, 6) is -5.00. The fourth-order valence-electron chi connectivity index (χ4n) is 10.6. The number of aromatic amines is 2. The van der Waals surface area contributed by atoms with Gasteiger partial charge in [-0.2, -0.15) is 0 Å². The van der Waals surface area contributed by atoms with Gasteiger partial charge in [-0.05, 0) is 121 Å². The highest BCUT2D eigenvalue weighted by Crippen LogP contribution is 2.38. The van der Waals surface area contributed by atoms with Crippen molar-refractivity contribution in [2.24, 2.45) is 11.5 Å². The van der Waals surface area contributed by atoms with E-state index in [0.29, 0.717) is 66.4 Å². The van der Waals surface area contributed by atoms with Crippen molar-refractivity contribution in [1.82, 2.24) is 27.9 Å². The van der Waals surface area contributed by atoms with Crippen LogP contribution in [0.1, 0.15) is 75.1 Å². The number of nitrogens with two attached hydrogens (primary N) is 2. The number of carboxylic acid groups (broad SMARTS) is 2. The summed E-state index contributed by atoms with van der Waals surface area (Å²) >= 11 is 0. The molecule has 82 heavy (non-hydrogen) atoms. The van der Waals surface area contributed by atoms with Gasteiger partial charge in [-0.3, -0.25) is 38.4 Å². The zero-order valence-corrected chi connectivity index (χ0v) is 43.9. The first kappa shape index (κ1) is 54.8. The number of rotatable bonds is 21. The van der Waals surface area contributed by atoms with Crippen molar-refractivity contribution in [2.75, 3.05) is 26.4 Å². The second-order valence-corrected chi connectivity index (χ2v) is 19.4. The highest BCUT2D eigenvalue weighted by atomic mass is 16.5. The van der Waals surface area contributed by atoms with Crippen molar-refractivity contribution < 1.29 is 48.5 Å². The summed E-state index contributed by atoms with van der Waals surface area (Å²) in [6.45, 7) is 2.91. The number of carbonyl (C=O) groups excluding carboxylic acids is 4. The van der Waals surface area contributed by atoms with Crippen molar-refractivity contribution in [3.63, 3.8) is 0 Å². The lowest BCUT2D eigenvalue weighted by molar-refractivity contribution is -0.138. The lowest BCUT2D eigenvalue weighted by Gasteiger charge is -2.12. The van der Waals surface area contributed by atoms with E-state index in [9.17, 15) is 58.2 Å². The van der Waals surface area contributed by atoms with Gasteiger partial charge in [-0.1, -0.05) is 48.5 Å². The molecule has 0 saturated carbocycles. The number of H-pyrrole nitrogens is 2. The summed E-state index contributed by atoms with van der Waals surface area (Å²) in [6, 6.07) is 29.6. The number of amides is 2. The molecular weight excluding hydrogens is 1060 g/mol. The second-order valence-electron chi connectivity index (χ2n) is 19.4. The zero-order chi connectivity index (χ0) is 58.3. The van der Waals surface area contributed by atoms with E-state index < -0.39 is 70.9 Å². The number of carbonyl (C=O) groups is 6. The third-order valence-electron chi connectivity index (χ3n) is 14.4. The molecule has 0 spiro atoms. The molecule has 2 amide bonds. The van der Waals surface area contributed by atoms with Crippen LogP contribution in [0.3, 0.4) is 0 Å². The Morgan fingerprint density at radius 1 is 0.512 bits per heavy atom. The first-order valence-electron chi connectivity index (χ1n) is 25.6. The second kappa shape index (κ2) is 22.3. The summed E-state index contributed by atoms with van der Waals surface area (Å²) in [4.78, 5) is 134. The summed E-state index contributed by atoms with van der Waals surface area (Å²) in [5.41, 5.74) is 15.9. The largest absolute Gasteiger partial charge is 0.480 e. The van der Waals surface area contributed by atoms with Crippen molar-refractivity contribution in [1.29, 1.82) is 0 Å². The Hall–Kier alpha value is -10.6. The van der Waals surface area contributed by atoms with Gasteiger partial charge in [0.05, 0.1) is 70.7 Å². The molecule has 0 saturated heterocycles. The van der Waals surface area contributed by atoms with Crippen LogP contribution in [0.15, 0.2) is 141 Å². The number of fused-ring (bicyclic) bond motifs is 4. The molecule has 8 N–H and O–H groups in total. The molecule has 0 fully saturated rings. The van der Waals surface area contributed by atoms with E-state index in [2.05, 4.69) is 9.97 Å². The average Bonchev–Trinajstić information content (AvgIpc) is 3.56. The lowest BCUT2D eigenvalue weighted by Crippen LogP contribution is -2.37. The first-order chi connectivity index (χ1) is 39.3. The van der Waals surface area contributed by atoms with Crippen LogP contribution in [0, 0.1) is 13.8 Å². The van der Waals surface area contributed by atoms with Gasteiger partial charge in [-0.15, -0.1) is 0 Å². The van der Waals surface area contributed by atoms with Crippen LogP contribution in [-0.2, 0) is 45.0 Å². The number of hydrogen-bond donors (Lipinski definition) is 6. The molecule has 0 aliphatic carbocycles. The van der Waals surface area contributed by atoms with Gasteiger partial charge in [0.1, 0.15) is 13.1 Å². The molecule has 0 aliphatic heterocycles. The monoisotopic (exact) mass is 1110 g/mol. The Morgan fingerprint density at radius 3 is 1.29 bits per heavy atom. The molecule has 414 valence electrons. The fourth-order valence-corrected chi connectivity index (χ4v) is 10.6. The summed E-state index contributed by atoms with van der Waals surface area (Å²) in [6.07, 6.45) is 4.26. The van der Waals surface area contributed by atoms with E-state index >= 15 is 0 Å². The molecule has 0 atom stereocenters. The maximum atomic E-state index is 14.3. The first-order valence-corrected chi connectivity index (χ1v) is 25.6. The van der Waals surface area contributed by atoms with Gasteiger partial charge in [-0.25, -0.2) is 18.7 Å². The number of hydrogen-bond acceptors (Lipinski definition) is 12. The van der Waals surface area contributed by atoms with Crippen molar-refractivity contribution in [3.8, 4) is 22.3 Å². The molecule has 10 aromatic rings. The minimum absolute atomic E-state index is 0.0251. The number of benzene rings is 4. The fraction of sp³-hybridized carbons (Fsp3) is 0.167. The maximum absolute atomic E-state index is 14.3. The van der Waals surface area contributed by atoms with E-state index in [4.69, 9.17) is 20.9 Å². The number of primary amides is 2. The van der Waals surface area contributed by atoms with Crippen molar-refractivity contribution in [2.45, 2.75) is 39.8 Å². The van der Waals surface area contributed by atoms with E-state index in [1.54, 1.807) is 95.7 Å². The average molecular weight is 1110 g/mol. The number of ether oxygens (including phenoxy) is 2. The van der Waals surface area contributed by atoms with E-state index in [-0.39, 0.29) is 81.9 Å². The predicted molar refractivity (Wildman–Crippen MR) is 301 cm³/mol. The van der Waals surface area contributed by atoms with Crippen LogP contribution in [0.4, 0.5) is 0 Å². The molecule has 10 rings (SSSR count). The summed E-state index contributed by atoms with van der Waals surface area (Å²) in [7, 11) is 0. The maximum Gasteiger partial charge on any atom is 0.329 e. The van der Waals surface area contributed by atoms with Gasteiger partial charge in [0.15, 0.2) is 0 Å². The number of aliphatic carboxylic acids is 2. The van der Waals surface area contributed by atoms with Gasteiger partial charge >= 0.3 is 23.3 Å². The number of nitrogens with one attached hydrogen (secondary N) is 2. The molecule has 0 radical (unpaired) electrons. The minimum atomic E-state index is -1.37. The Morgan fingerprint density at radius 2 is 0.915 bits per heavy atom. The van der Waals surface area contributed by atoms with Crippen molar-refractivity contribution in [3.05, 3.63) is 219 Å². The highest BCUT2D eigenvalue weighted by Gasteiger charge is 2.28. The third-order valence-corrected chi connectivity index (χ3v) is 14.4. The smallest absolute Gasteiger partial charge is 0.329 e. The van der Waals surface area contributed by atoms with Crippen LogP contribution in [0.5, 0.6) is 0 Å². The van der Waals surface area contributed by atoms with Crippen LogP contribution in [0.2, 0.25) is 0 Å². The Kier molecular flexibility index (Phi) is 14.9. The zero-order valence-electron chi connectivity index (χ0n) is 43.9. The van der Waals surface area contributed by atoms with Gasteiger partial charge in [0.25, 0.3) is 11.1 Å². The molecule has 6 aromatic heterocycles. The van der Waals surface area contributed by atoms with E-state index in [0.717, 1.165) is 11.1 Å². The van der Waals surface area contributed by atoms with Crippen LogP contribution < -0.4 is 34.0 Å². The van der Waals surface area contributed by atoms with Crippen LogP contribution in [0.25, 0.3) is 55.1 Å². The number of ketones is 2. The molecule has 6 heterocycles. The predicted octanol–water partition coefficient (Wildman–Crippen LogP) is 4.80. The van der Waals surface area contributed by atoms with Gasteiger partial charge in [0.2, 0.25) is 23.4 Å². The van der Waals surface area contributed by atoms with Gasteiger partial charge in [0, 0.05) is 45.8 Å². The molecular formula is C60H50N8O14. The number of nitrogens with zero attached hydrogens (tertiary/aromatic N) is 4. The Labute approximate surface area is 462 Å². The molecule has 22 heteroatoms. The molecule has 4 aromatic carbocycles. The third kappa shape index (κ3) is 10.2. The normalized spacial score (nSPS) is 11.5. The minimum Gasteiger partial charge on any atom is -0.480 e. The highest BCUT2D eigenvalue weighted by molar-refractivity contribution is 6.15. The SMILES string of the molecule is Cc1c(-c2ccc(CCOCCOCCc3ccc(-c4c(C)c(C(=O)c5ccc6c(=O)n(CC(=O)O)c(=O)[nH]c6c5)n5ccccc45)c(C(N)=O)c3)cc2C(N)=O)c2ccccn2c1C(=O)c1ccc2c(=O)n(CC(=O)O)c(=O)[nH]c2c1. The number of carboxylic acids is 2. The Bertz CT molecular complexity index is 4320. The number of aromatic nitrogens is 6. The lowest BCUT2D eigenvalue weighted by atomic mass is 9.93. The van der Waals surface area contributed by atoms with Crippen LogP contribution >= 0.6 is 0 Å². The summed E-state index contributed by atoms with van der Waals surface area (Å²) in [5, 5.41) is 18.4. The molecule has 22 nitrogen and oxygen atoms in total. The van der Waals surface area contributed by atoms with Crippen molar-refractivity contribution >= 4 is 68.2 Å². The molecule has 0 bridgehead atoms. The Balaban J connectivity index is 0.783. The standard InChI is InChI=1S/C60H50N8O14/c1-31-49(45-7-3-5-19-65(45)51(31)53(73)35-11-15-39-43(27-35)63-59(79)67(57(39)77)29-47(69)70)37-13-9-33(25-41(37)55(61)75)17-21-81-23-24-82-22-18-34-10-14-38(42(26-34)56(62)76)50-32(2)52(66-20-6-4-8-46(50)66)54(74)36-12-16-40-44(28-36)64-60(80)68(58(40)78)30-48(71)72/h3-16,19-20,25-28H,17-18,21-24,29-30H2,1-2H3,(H2,61,75)(H2,62,76)(H,63,79)(H,64,80)(H,69,70)(H,71,72). The van der Waals surface area contributed by atoms with E-state index in [1.807, 2.05) is 12.1 Å². The summed E-state index contributed by atoms with van der Waals surface area (Å²) < 4.78 is 16.3. The topological polar surface area (TPSA) is 332 Å². The molecule has 0 unspecified atom stereocenters. The van der Waals surface area contributed by atoms with Gasteiger partial charge < -0.3 is 49.9 Å². The van der Waals surface area contributed by atoms with Crippen LogP contribution in [-0.4, -0.2) is 99.9 Å². The quantitative estimate of drug-likeness (QED) is 0.0416.